The Kier molecular flexibility index (Phi) is 9.22. The van der Waals surface area contributed by atoms with Gasteiger partial charge in [-0.15, -0.1) is 0 Å². The molecule has 178 valence electrons. The van der Waals surface area contributed by atoms with E-state index in [0.717, 1.165) is 11.5 Å². The zero-order valence-corrected chi connectivity index (χ0v) is 20.2. The topological polar surface area (TPSA) is 89.8 Å². The highest BCUT2D eigenvalue weighted by Crippen LogP contribution is 2.27. The van der Waals surface area contributed by atoms with E-state index in [1.165, 1.54) is 37.7 Å². The van der Waals surface area contributed by atoms with Gasteiger partial charge >= 0.3 is 0 Å². The quantitative estimate of drug-likeness (QED) is 0.312. The van der Waals surface area contributed by atoms with E-state index in [1.54, 1.807) is 42.1 Å². The van der Waals surface area contributed by atoms with Crippen molar-refractivity contribution in [2.75, 3.05) is 26.5 Å². The highest BCUT2D eigenvalue weighted by Gasteiger charge is 2.17. The number of nitrogens with one attached hydrogen (secondary N) is 2. The summed E-state index contributed by atoms with van der Waals surface area (Å²) in [6.45, 7) is 2.52. The molecule has 3 rings (SSSR count). The van der Waals surface area contributed by atoms with Crippen LogP contribution in [0.3, 0.4) is 0 Å². The van der Waals surface area contributed by atoms with Crippen LogP contribution in [0.5, 0.6) is 11.5 Å². The number of aryl methyl sites for hydroxylation is 1. The number of carbonyl (C=O) groups excluding carboxylic acids is 2. The number of hydrogen-bond acceptors (Lipinski definition) is 6. The Morgan fingerprint density at radius 1 is 1.03 bits per heavy atom. The standard InChI is InChI=1S/C26H28N2O5S/c1-18-6-4-7-19(14-18)17-34-13-11-27-26(30)22(16-21-8-5-12-33-21)28-25(29)20-9-10-23(31-2)24(15-20)32-3/h4-10,12,14-16H,11,13,17H2,1-3H3,(H,27,30)(H,28,29)/b22-16-. The smallest absolute Gasteiger partial charge is 0.267 e. The third kappa shape index (κ3) is 7.18. The van der Waals surface area contributed by atoms with Gasteiger partial charge in [-0.2, -0.15) is 11.8 Å². The predicted molar refractivity (Wildman–Crippen MR) is 134 cm³/mol. The molecule has 1 heterocycles. The van der Waals surface area contributed by atoms with Gasteiger partial charge in [-0.1, -0.05) is 29.8 Å². The zero-order valence-electron chi connectivity index (χ0n) is 19.4. The minimum Gasteiger partial charge on any atom is -0.493 e. The number of hydrogen-bond donors (Lipinski definition) is 2. The van der Waals surface area contributed by atoms with Crippen LogP contribution in [-0.2, 0) is 10.5 Å². The first-order valence-electron chi connectivity index (χ1n) is 10.7. The van der Waals surface area contributed by atoms with Crippen LogP contribution in [0.15, 0.2) is 71.0 Å². The number of furan rings is 1. The Hall–Kier alpha value is -3.65. The maximum atomic E-state index is 12.9. The Bertz CT molecular complexity index is 1140. The van der Waals surface area contributed by atoms with Gasteiger partial charge in [0.2, 0.25) is 0 Å². The molecular formula is C26H28N2O5S. The number of thioether (sulfide) groups is 1. The second kappa shape index (κ2) is 12.6. The molecule has 0 unspecified atom stereocenters. The van der Waals surface area contributed by atoms with Crippen LogP contribution in [0.2, 0.25) is 0 Å². The number of rotatable bonds is 11. The summed E-state index contributed by atoms with van der Waals surface area (Å²) in [6.07, 6.45) is 2.99. The Morgan fingerprint density at radius 2 is 1.85 bits per heavy atom. The maximum Gasteiger partial charge on any atom is 0.267 e. The third-order valence-corrected chi connectivity index (χ3v) is 5.88. The summed E-state index contributed by atoms with van der Waals surface area (Å²) in [7, 11) is 3.01. The lowest BCUT2D eigenvalue weighted by atomic mass is 10.1. The highest BCUT2D eigenvalue weighted by molar-refractivity contribution is 7.98. The first kappa shape index (κ1) is 25.0. The summed E-state index contributed by atoms with van der Waals surface area (Å²) >= 11 is 1.73. The van der Waals surface area contributed by atoms with Crippen molar-refractivity contribution in [2.24, 2.45) is 0 Å². The molecule has 0 spiro atoms. The fraction of sp³-hybridized carbons (Fsp3) is 0.231. The Balaban J connectivity index is 1.61. The highest BCUT2D eigenvalue weighted by atomic mass is 32.2. The van der Waals surface area contributed by atoms with E-state index < -0.39 is 11.8 Å². The first-order chi connectivity index (χ1) is 16.5. The molecule has 0 saturated carbocycles. The fourth-order valence-corrected chi connectivity index (χ4v) is 3.98. The van der Waals surface area contributed by atoms with Crippen molar-refractivity contribution in [3.8, 4) is 11.5 Å². The van der Waals surface area contributed by atoms with Crippen molar-refractivity contribution < 1.29 is 23.5 Å². The minimum atomic E-state index is -0.456. The van der Waals surface area contributed by atoms with Crippen LogP contribution < -0.4 is 20.1 Å². The van der Waals surface area contributed by atoms with Crippen LogP contribution in [0, 0.1) is 6.92 Å². The summed E-state index contributed by atoms with van der Waals surface area (Å²) in [4.78, 5) is 25.7. The molecular weight excluding hydrogens is 452 g/mol. The molecule has 2 amide bonds. The number of benzene rings is 2. The Morgan fingerprint density at radius 3 is 2.56 bits per heavy atom. The summed E-state index contributed by atoms with van der Waals surface area (Å²) in [5.41, 5.74) is 2.88. The molecule has 34 heavy (non-hydrogen) atoms. The average Bonchev–Trinajstić information content (AvgIpc) is 3.36. The Labute approximate surface area is 203 Å². The van der Waals surface area contributed by atoms with E-state index in [9.17, 15) is 9.59 Å². The second-order valence-electron chi connectivity index (χ2n) is 7.39. The van der Waals surface area contributed by atoms with Crippen molar-refractivity contribution in [3.63, 3.8) is 0 Å². The van der Waals surface area contributed by atoms with Gasteiger partial charge in [0.25, 0.3) is 11.8 Å². The van der Waals surface area contributed by atoms with Crippen molar-refractivity contribution in [2.45, 2.75) is 12.7 Å². The van der Waals surface area contributed by atoms with Gasteiger partial charge in [0.05, 0.1) is 20.5 Å². The molecule has 0 radical (unpaired) electrons. The molecule has 2 aromatic carbocycles. The molecule has 0 fully saturated rings. The van der Waals surface area contributed by atoms with Crippen molar-refractivity contribution in [1.82, 2.24) is 10.6 Å². The van der Waals surface area contributed by atoms with Gasteiger partial charge in [0.15, 0.2) is 11.5 Å². The van der Waals surface area contributed by atoms with Gasteiger partial charge in [-0.05, 0) is 42.8 Å². The molecule has 3 aromatic rings. The van der Waals surface area contributed by atoms with E-state index in [0.29, 0.717) is 29.4 Å². The van der Waals surface area contributed by atoms with Crippen LogP contribution in [0.4, 0.5) is 0 Å². The first-order valence-corrected chi connectivity index (χ1v) is 11.9. The molecule has 0 bridgehead atoms. The summed E-state index contributed by atoms with van der Waals surface area (Å²) in [5.74, 6) is 2.11. The number of carbonyl (C=O) groups is 2. The van der Waals surface area contributed by atoms with Gasteiger partial charge in [-0.25, -0.2) is 0 Å². The van der Waals surface area contributed by atoms with Crippen LogP contribution in [0.1, 0.15) is 27.2 Å². The third-order valence-electron chi connectivity index (χ3n) is 4.85. The molecule has 0 atom stereocenters. The zero-order chi connectivity index (χ0) is 24.3. The van der Waals surface area contributed by atoms with Gasteiger partial charge < -0.3 is 24.5 Å². The normalized spacial score (nSPS) is 11.1. The van der Waals surface area contributed by atoms with E-state index in [2.05, 4.69) is 35.8 Å². The maximum absolute atomic E-state index is 12.9. The number of amides is 2. The van der Waals surface area contributed by atoms with E-state index in [-0.39, 0.29) is 5.70 Å². The number of ether oxygens (including phenoxy) is 2. The van der Waals surface area contributed by atoms with Crippen molar-refractivity contribution in [1.29, 1.82) is 0 Å². The molecule has 2 N–H and O–H groups in total. The second-order valence-corrected chi connectivity index (χ2v) is 8.50. The molecule has 7 nitrogen and oxygen atoms in total. The van der Waals surface area contributed by atoms with Crippen molar-refractivity contribution in [3.05, 3.63) is 89.0 Å². The molecule has 0 aliphatic carbocycles. The van der Waals surface area contributed by atoms with Crippen LogP contribution in [-0.4, -0.2) is 38.3 Å². The lowest BCUT2D eigenvalue weighted by molar-refractivity contribution is -0.117. The molecule has 8 heteroatoms. The molecule has 0 aliphatic heterocycles. The van der Waals surface area contributed by atoms with Gasteiger partial charge in [0, 0.05) is 29.7 Å². The number of methoxy groups -OCH3 is 2. The van der Waals surface area contributed by atoms with E-state index in [4.69, 9.17) is 13.9 Å². The molecule has 1 aromatic heterocycles. The van der Waals surface area contributed by atoms with E-state index >= 15 is 0 Å². The monoisotopic (exact) mass is 480 g/mol. The van der Waals surface area contributed by atoms with Gasteiger partial charge in [-0.3, -0.25) is 9.59 Å². The summed E-state index contributed by atoms with van der Waals surface area (Å²) in [6, 6.07) is 16.5. The molecule has 0 saturated heterocycles. The fourth-order valence-electron chi connectivity index (χ4n) is 3.17. The lowest BCUT2D eigenvalue weighted by Gasteiger charge is -2.12. The van der Waals surface area contributed by atoms with Crippen LogP contribution >= 0.6 is 11.8 Å². The predicted octanol–water partition coefficient (Wildman–Crippen LogP) is 4.43. The van der Waals surface area contributed by atoms with Gasteiger partial charge in [0.1, 0.15) is 11.5 Å². The van der Waals surface area contributed by atoms with Crippen molar-refractivity contribution >= 4 is 29.7 Å². The SMILES string of the molecule is COc1ccc(C(=O)N/C(=C\c2ccco2)C(=O)NCCSCc2cccc(C)c2)cc1OC. The average molecular weight is 481 g/mol. The molecule has 0 aliphatic rings. The lowest BCUT2D eigenvalue weighted by Crippen LogP contribution is -2.35. The largest absolute Gasteiger partial charge is 0.493 e. The summed E-state index contributed by atoms with van der Waals surface area (Å²) in [5, 5.41) is 5.54. The van der Waals surface area contributed by atoms with E-state index in [1.807, 2.05) is 6.07 Å². The summed E-state index contributed by atoms with van der Waals surface area (Å²) < 4.78 is 15.8. The van der Waals surface area contributed by atoms with Crippen LogP contribution in [0.25, 0.3) is 6.08 Å². The minimum absolute atomic E-state index is 0.0819.